The van der Waals surface area contributed by atoms with Crippen LogP contribution < -0.4 is 15.4 Å². The van der Waals surface area contributed by atoms with E-state index in [9.17, 15) is 13.2 Å². The zero-order valence-corrected chi connectivity index (χ0v) is 16.4. The summed E-state index contributed by atoms with van der Waals surface area (Å²) in [7, 11) is 0.998. The molecule has 3 aromatic rings. The molecule has 0 amide bonds. The van der Waals surface area contributed by atoms with Gasteiger partial charge in [0.1, 0.15) is 11.3 Å². The number of H-pyrrole nitrogens is 1. The van der Waals surface area contributed by atoms with Crippen LogP contribution in [0.15, 0.2) is 24.5 Å². The van der Waals surface area contributed by atoms with Gasteiger partial charge in [0.25, 0.3) is 0 Å². The van der Waals surface area contributed by atoms with Crippen molar-refractivity contribution in [1.29, 1.82) is 0 Å². The zero-order chi connectivity index (χ0) is 20.5. The van der Waals surface area contributed by atoms with Crippen molar-refractivity contribution in [2.45, 2.75) is 6.18 Å². The zero-order valence-electron chi connectivity index (χ0n) is 15.6. The number of aromatic amines is 1. The van der Waals surface area contributed by atoms with E-state index in [1.807, 2.05) is 6.07 Å². The predicted molar refractivity (Wildman–Crippen MR) is 105 cm³/mol. The van der Waals surface area contributed by atoms with Crippen LogP contribution >= 0.6 is 7.92 Å². The van der Waals surface area contributed by atoms with Gasteiger partial charge in [-0.25, -0.2) is 9.97 Å². The van der Waals surface area contributed by atoms with E-state index >= 15 is 0 Å². The number of halogens is 3. The predicted octanol–water partition coefficient (Wildman–Crippen LogP) is 3.42. The maximum Gasteiger partial charge on any atom is 0.419 e. The van der Waals surface area contributed by atoms with Gasteiger partial charge in [0, 0.05) is 35.2 Å². The number of rotatable bonds is 6. The number of aliphatic hydroxyl groups excluding tert-OH is 1. The highest BCUT2D eigenvalue weighted by Gasteiger charge is 2.36. The average Bonchev–Trinajstić information content (AvgIpc) is 3.08. The molecule has 150 valence electrons. The first kappa shape index (κ1) is 20.4. The van der Waals surface area contributed by atoms with Gasteiger partial charge in [-0.2, -0.15) is 13.2 Å². The SMILES string of the molecule is COc1cc(P(C)C)c2[nH]cc(-c3nc(NCCO)ncc3C(F)(F)F)c2c1. The minimum atomic E-state index is -4.61. The van der Waals surface area contributed by atoms with Crippen LogP contribution in [-0.4, -0.2) is 53.6 Å². The Kier molecular flexibility index (Phi) is 5.76. The standard InChI is InChI=1S/C18H20F3N4O2P/c1-27-10-6-11-12(8-23-16(11)14(7-10)28(2)3)15-13(18(19,20)21)9-24-17(25-15)22-4-5-26/h6-9,23,26H,4-5H2,1-3H3,(H,22,24,25). The number of hydrogen-bond donors (Lipinski definition) is 3. The molecule has 0 aliphatic heterocycles. The molecule has 0 unspecified atom stereocenters. The molecule has 10 heteroatoms. The summed E-state index contributed by atoms with van der Waals surface area (Å²) in [6, 6.07) is 3.60. The van der Waals surface area contributed by atoms with Crippen LogP contribution in [0.5, 0.6) is 5.75 Å². The maximum absolute atomic E-state index is 13.6. The number of nitrogens with zero attached hydrogens (tertiary/aromatic N) is 2. The van der Waals surface area contributed by atoms with Crippen LogP contribution in [-0.2, 0) is 6.18 Å². The van der Waals surface area contributed by atoms with Gasteiger partial charge >= 0.3 is 6.18 Å². The smallest absolute Gasteiger partial charge is 0.419 e. The number of hydrogen-bond acceptors (Lipinski definition) is 5. The van der Waals surface area contributed by atoms with Crippen LogP contribution in [0.1, 0.15) is 5.56 Å². The second-order valence-corrected chi connectivity index (χ2v) is 8.54. The third-order valence-electron chi connectivity index (χ3n) is 4.20. The normalized spacial score (nSPS) is 12.0. The lowest BCUT2D eigenvalue weighted by atomic mass is 10.1. The molecular weight excluding hydrogens is 392 g/mol. The van der Waals surface area contributed by atoms with Gasteiger partial charge < -0.3 is 20.1 Å². The molecule has 0 atom stereocenters. The van der Waals surface area contributed by atoms with Crippen LogP contribution in [0, 0.1) is 0 Å². The molecule has 3 N–H and O–H groups in total. The van der Waals surface area contributed by atoms with Crippen LogP contribution in [0.2, 0.25) is 0 Å². The van der Waals surface area contributed by atoms with E-state index in [-0.39, 0.29) is 24.8 Å². The van der Waals surface area contributed by atoms with Gasteiger partial charge in [0.05, 0.1) is 24.9 Å². The Balaban J connectivity index is 2.27. The third kappa shape index (κ3) is 3.91. The van der Waals surface area contributed by atoms with Crippen LogP contribution in [0.4, 0.5) is 19.1 Å². The van der Waals surface area contributed by atoms with Crippen molar-refractivity contribution in [1.82, 2.24) is 15.0 Å². The van der Waals surface area contributed by atoms with Gasteiger partial charge in [-0.15, -0.1) is 0 Å². The monoisotopic (exact) mass is 412 g/mol. The molecule has 0 radical (unpaired) electrons. The highest BCUT2D eigenvalue weighted by Crippen LogP contribution is 2.40. The number of fused-ring (bicyclic) bond motifs is 1. The molecule has 0 bridgehead atoms. The Hall–Kier alpha value is -2.38. The first-order chi connectivity index (χ1) is 13.3. The molecule has 3 rings (SSSR count). The number of methoxy groups -OCH3 is 1. The molecule has 0 spiro atoms. The summed E-state index contributed by atoms with van der Waals surface area (Å²) in [5.41, 5.74) is -0.0789. The fourth-order valence-corrected chi connectivity index (χ4v) is 3.92. The molecule has 0 fully saturated rings. The van der Waals surface area contributed by atoms with Gasteiger partial charge in [0.15, 0.2) is 0 Å². The summed E-state index contributed by atoms with van der Waals surface area (Å²) >= 11 is 0. The van der Waals surface area contributed by atoms with E-state index in [1.165, 1.54) is 13.3 Å². The van der Waals surface area contributed by atoms with Gasteiger partial charge in [-0.1, -0.05) is 7.92 Å². The van der Waals surface area contributed by atoms with Crippen molar-refractivity contribution in [2.75, 3.05) is 38.9 Å². The molecule has 28 heavy (non-hydrogen) atoms. The van der Waals surface area contributed by atoms with Crippen molar-refractivity contribution in [3.8, 4) is 17.0 Å². The largest absolute Gasteiger partial charge is 0.497 e. The second kappa shape index (κ2) is 7.93. The number of benzene rings is 1. The molecule has 0 aliphatic rings. The average molecular weight is 412 g/mol. The number of ether oxygens (including phenoxy) is 1. The molecule has 2 aromatic heterocycles. The fourth-order valence-electron chi connectivity index (χ4n) is 2.90. The first-order valence-corrected chi connectivity index (χ1v) is 10.7. The summed E-state index contributed by atoms with van der Waals surface area (Å²) in [6.45, 7) is 4.07. The summed E-state index contributed by atoms with van der Waals surface area (Å²) < 4.78 is 46.2. The number of nitrogens with one attached hydrogen (secondary N) is 2. The second-order valence-electron chi connectivity index (χ2n) is 6.27. The summed E-state index contributed by atoms with van der Waals surface area (Å²) in [4.78, 5) is 10.9. The highest BCUT2D eigenvalue weighted by molar-refractivity contribution is 7.64. The highest BCUT2D eigenvalue weighted by atomic mass is 31.1. The van der Waals surface area contributed by atoms with Crippen molar-refractivity contribution in [2.24, 2.45) is 0 Å². The topological polar surface area (TPSA) is 83.1 Å². The molecule has 0 aliphatic carbocycles. The van der Waals surface area contributed by atoms with Gasteiger partial charge in [-0.3, -0.25) is 0 Å². The Labute approximate surface area is 160 Å². The van der Waals surface area contributed by atoms with E-state index in [0.29, 0.717) is 16.7 Å². The lowest BCUT2D eigenvalue weighted by Gasteiger charge is -2.14. The first-order valence-electron chi connectivity index (χ1n) is 8.42. The van der Waals surface area contributed by atoms with E-state index < -0.39 is 19.7 Å². The van der Waals surface area contributed by atoms with E-state index in [2.05, 4.69) is 33.6 Å². The number of alkyl halides is 3. The van der Waals surface area contributed by atoms with E-state index in [0.717, 1.165) is 17.0 Å². The van der Waals surface area contributed by atoms with E-state index in [1.54, 1.807) is 6.07 Å². The summed E-state index contributed by atoms with van der Waals surface area (Å²) in [5.74, 6) is 0.587. The van der Waals surface area contributed by atoms with Gasteiger partial charge in [-0.05, 0) is 25.5 Å². The van der Waals surface area contributed by atoms with Crippen LogP contribution in [0.3, 0.4) is 0 Å². The lowest BCUT2D eigenvalue weighted by molar-refractivity contribution is -0.137. The molecule has 1 aromatic carbocycles. The van der Waals surface area contributed by atoms with Crippen molar-refractivity contribution in [3.63, 3.8) is 0 Å². The van der Waals surface area contributed by atoms with Crippen molar-refractivity contribution < 1.29 is 23.0 Å². The molecule has 6 nitrogen and oxygen atoms in total. The molecule has 0 saturated heterocycles. The summed E-state index contributed by atoms with van der Waals surface area (Å²) in [5, 5.41) is 13.2. The maximum atomic E-state index is 13.6. The third-order valence-corrected chi connectivity index (χ3v) is 5.52. The molecular formula is C18H20F3N4O2P. The molecule has 0 saturated carbocycles. The lowest BCUT2D eigenvalue weighted by Crippen LogP contribution is -2.13. The Morgan fingerprint density at radius 3 is 2.64 bits per heavy atom. The summed E-state index contributed by atoms with van der Waals surface area (Å²) in [6.07, 6.45) is -2.33. The minimum absolute atomic E-state index is 0.0164. The fraction of sp³-hybridized carbons (Fsp3) is 0.333. The van der Waals surface area contributed by atoms with E-state index in [4.69, 9.17) is 9.84 Å². The Morgan fingerprint density at radius 1 is 1.29 bits per heavy atom. The Morgan fingerprint density at radius 2 is 2.04 bits per heavy atom. The van der Waals surface area contributed by atoms with Crippen LogP contribution in [0.25, 0.3) is 22.2 Å². The van der Waals surface area contributed by atoms with Gasteiger partial charge in [0.2, 0.25) is 5.95 Å². The minimum Gasteiger partial charge on any atom is -0.497 e. The number of aliphatic hydroxyl groups is 1. The van der Waals surface area contributed by atoms with Crippen molar-refractivity contribution >= 4 is 30.1 Å². The molecule has 2 heterocycles. The number of anilines is 1. The van der Waals surface area contributed by atoms with Crippen molar-refractivity contribution in [3.05, 3.63) is 30.1 Å². The quantitative estimate of drug-likeness (QED) is 0.541. The number of aromatic nitrogens is 3. The Bertz CT molecular complexity index is 989.